The predicted molar refractivity (Wildman–Crippen MR) is 240 cm³/mol. The van der Waals surface area contributed by atoms with E-state index >= 15 is 0 Å². The molecular weight excluding hydrogens is 790 g/mol. The minimum Gasteiger partial charge on any atom is -0.508 e. The van der Waals surface area contributed by atoms with E-state index in [9.17, 15) is 29.1 Å². The maximum atomic E-state index is 13.5. The van der Waals surface area contributed by atoms with Crippen LogP contribution in [0.2, 0.25) is 5.02 Å². The van der Waals surface area contributed by atoms with E-state index in [0.29, 0.717) is 53.4 Å². The van der Waals surface area contributed by atoms with Crippen LogP contribution >= 0.6 is 11.6 Å². The summed E-state index contributed by atoms with van der Waals surface area (Å²) in [6.07, 6.45) is 5.87. The van der Waals surface area contributed by atoms with Gasteiger partial charge in [0, 0.05) is 81.8 Å². The largest absolute Gasteiger partial charge is 0.508 e. The van der Waals surface area contributed by atoms with E-state index in [2.05, 4.69) is 10.6 Å². The van der Waals surface area contributed by atoms with Crippen LogP contribution in [0.4, 0.5) is 0 Å². The molecule has 0 atom stereocenters. The second kappa shape index (κ2) is 19.2. The number of nitrogens with one attached hydrogen (secondary N) is 2. The van der Waals surface area contributed by atoms with E-state index in [-0.39, 0.29) is 41.1 Å². The second-order valence-corrected chi connectivity index (χ2v) is 16.0. The van der Waals surface area contributed by atoms with Crippen molar-refractivity contribution >= 4 is 57.0 Å². The summed E-state index contributed by atoms with van der Waals surface area (Å²) in [6.45, 7) is 4.87. The van der Waals surface area contributed by atoms with E-state index in [1.165, 1.54) is 18.2 Å². The number of unbranched alkanes of at least 4 members (excludes halogenated alkanes) is 4. The van der Waals surface area contributed by atoms with E-state index in [1.807, 2.05) is 44.2 Å². The Morgan fingerprint density at radius 3 is 2.11 bits per heavy atom. The Kier molecular flexibility index (Phi) is 13.4. The molecule has 7 rings (SSSR count). The molecule has 312 valence electrons. The first-order chi connectivity index (χ1) is 29.5. The minimum atomic E-state index is -0.183. The fraction of sp³-hybridized carbons (Fsp3) is 0.260. The molecule has 0 unspecified atom stereocenters. The van der Waals surface area contributed by atoms with Crippen molar-refractivity contribution in [3.63, 3.8) is 0 Å². The number of aryl methyl sites for hydroxylation is 1. The van der Waals surface area contributed by atoms with Gasteiger partial charge in [-0.2, -0.15) is 0 Å². The number of nitrogens with zero attached hydrogens (tertiary/aromatic N) is 1. The molecule has 0 fully saturated rings. The zero-order valence-electron chi connectivity index (χ0n) is 34.3. The lowest BCUT2D eigenvalue weighted by molar-refractivity contribution is -0.121. The number of carbonyl (C=O) groups excluding carboxylic acids is 4. The van der Waals surface area contributed by atoms with Crippen molar-refractivity contribution in [1.82, 2.24) is 15.2 Å². The molecule has 0 saturated carbocycles. The van der Waals surface area contributed by atoms with Gasteiger partial charge in [0.1, 0.15) is 22.9 Å². The average molecular weight is 838 g/mol. The van der Waals surface area contributed by atoms with E-state index < -0.39 is 0 Å². The third-order valence-corrected chi connectivity index (χ3v) is 11.4. The normalized spacial score (nSPS) is 11.3. The zero-order chi connectivity index (χ0) is 43.0. The smallest absolute Gasteiger partial charge is 0.262 e. The van der Waals surface area contributed by atoms with Gasteiger partial charge in [-0.15, -0.1) is 0 Å². The maximum Gasteiger partial charge on any atom is 0.262 e. The summed E-state index contributed by atoms with van der Waals surface area (Å²) in [7, 11) is 0. The summed E-state index contributed by atoms with van der Waals surface area (Å²) in [5, 5.41) is 18.2. The standard InChI is InChI=1S/C50H48ClN3O7/c1-31-11-24-44-43(27-31)42(32(2)54(44)50(60)35-16-18-36(51)19-17-35)30-47(58)52-25-7-3-5-9-37(55)10-6-4-8-26-53-49(59)34-14-12-33(13-15-34)48-40-22-20-38(56)28-45(40)61-46-29-39(57)21-23-41(46)48/h11-24,27-29,56H,3-10,25-26,30H2,1-2H3,(H,52,58)(H,53,59). The number of hydrogen-bond donors (Lipinski definition) is 3. The van der Waals surface area contributed by atoms with Crippen LogP contribution in [-0.4, -0.2) is 46.3 Å². The first-order valence-corrected chi connectivity index (χ1v) is 21.1. The molecule has 0 bridgehead atoms. The van der Waals surface area contributed by atoms with E-state index in [1.54, 1.807) is 59.2 Å². The predicted octanol–water partition coefficient (Wildman–Crippen LogP) is 9.96. The number of fused-ring (bicyclic) bond motifs is 3. The lowest BCUT2D eigenvalue weighted by Crippen LogP contribution is -2.26. The highest BCUT2D eigenvalue weighted by Crippen LogP contribution is 2.40. The van der Waals surface area contributed by atoms with Crippen LogP contribution in [0, 0.1) is 13.8 Å². The number of amides is 2. The average Bonchev–Trinajstić information content (AvgIpc) is 3.51. The molecule has 2 amide bonds. The van der Waals surface area contributed by atoms with Gasteiger partial charge in [-0.25, -0.2) is 0 Å². The van der Waals surface area contributed by atoms with Gasteiger partial charge >= 0.3 is 0 Å². The molecule has 4 aromatic carbocycles. The van der Waals surface area contributed by atoms with Gasteiger partial charge in [-0.3, -0.25) is 28.5 Å². The molecule has 3 N–H and O–H groups in total. The van der Waals surface area contributed by atoms with Gasteiger partial charge < -0.3 is 20.2 Å². The van der Waals surface area contributed by atoms with Crippen molar-refractivity contribution in [2.45, 2.75) is 71.6 Å². The molecule has 61 heavy (non-hydrogen) atoms. The molecule has 0 spiro atoms. The van der Waals surface area contributed by atoms with Gasteiger partial charge in [0.05, 0.1) is 11.9 Å². The number of ketones is 1. The fourth-order valence-electron chi connectivity index (χ4n) is 7.89. The number of hydrogen-bond acceptors (Lipinski definition) is 7. The number of aromatic hydroxyl groups is 1. The van der Waals surface area contributed by atoms with Crippen molar-refractivity contribution in [3.8, 4) is 28.2 Å². The highest BCUT2D eigenvalue weighted by molar-refractivity contribution is 6.30. The highest BCUT2D eigenvalue weighted by Gasteiger charge is 2.22. The van der Waals surface area contributed by atoms with Crippen LogP contribution in [0.1, 0.15) is 88.9 Å². The van der Waals surface area contributed by atoms with Crippen LogP contribution in [0.5, 0.6) is 5.75 Å². The number of phenols is 1. The van der Waals surface area contributed by atoms with Crippen molar-refractivity contribution in [2.75, 3.05) is 13.1 Å². The molecule has 2 aliphatic rings. The van der Waals surface area contributed by atoms with Gasteiger partial charge in [0.2, 0.25) is 5.91 Å². The molecule has 0 saturated heterocycles. The zero-order valence-corrected chi connectivity index (χ0v) is 35.1. The Morgan fingerprint density at radius 2 is 1.39 bits per heavy atom. The molecule has 5 aromatic rings. The Labute approximate surface area is 358 Å². The van der Waals surface area contributed by atoms with Gasteiger partial charge in [-0.1, -0.05) is 48.2 Å². The first-order valence-electron chi connectivity index (χ1n) is 20.7. The Morgan fingerprint density at radius 1 is 0.705 bits per heavy atom. The van der Waals surface area contributed by atoms with E-state index in [0.717, 1.165) is 88.3 Å². The lowest BCUT2D eigenvalue weighted by Gasteiger charge is -2.15. The molecule has 0 radical (unpaired) electrons. The quantitative estimate of drug-likeness (QED) is 0.0611. The minimum absolute atomic E-state index is 0.0539. The topological polar surface area (TPSA) is 148 Å². The second-order valence-electron chi connectivity index (χ2n) is 15.6. The molecule has 1 aliphatic carbocycles. The number of phenolic OH excluding ortho intramolecular Hbond substituents is 1. The first kappa shape index (κ1) is 42.6. The number of benzene rings is 5. The monoisotopic (exact) mass is 837 g/mol. The Hall–Kier alpha value is -6.52. The number of halogens is 1. The third-order valence-electron chi connectivity index (χ3n) is 11.1. The molecular formula is C50H48ClN3O7. The summed E-state index contributed by atoms with van der Waals surface area (Å²) < 4.78 is 7.61. The van der Waals surface area contributed by atoms with Gasteiger partial charge in [-0.05, 0) is 123 Å². The van der Waals surface area contributed by atoms with Crippen LogP contribution in [0.3, 0.4) is 0 Å². The molecule has 11 heteroatoms. The summed E-state index contributed by atoms with van der Waals surface area (Å²) >= 11 is 6.04. The molecule has 1 aromatic heterocycles. The van der Waals surface area contributed by atoms with Crippen LogP contribution < -0.4 is 16.1 Å². The van der Waals surface area contributed by atoms with Crippen molar-refractivity contribution < 1.29 is 28.7 Å². The maximum absolute atomic E-state index is 13.5. The van der Waals surface area contributed by atoms with Crippen molar-refractivity contribution in [3.05, 3.63) is 146 Å². The fourth-order valence-corrected chi connectivity index (χ4v) is 8.02. The van der Waals surface area contributed by atoms with Gasteiger partial charge in [0.15, 0.2) is 5.43 Å². The number of rotatable bonds is 17. The van der Waals surface area contributed by atoms with Crippen molar-refractivity contribution in [1.29, 1.82) is 0 Å². The summed E-state index contributed by atoms with van der Waals surface area (Å²) in [5.74, 6) is 0.219. The lowest BCUT2D eigenvalue weighted by atomic mass is 9.93. The van der Waals surface area contributed by atoms with E-state index in [4.69, 9.17) is 16.0 Å². The summed E-state index contributed by atoms with van der Waals surface area (Å²) in [6, 6.07) is 29.5. The Bertz CT molecular complexity index is 2770. The van der Waals surface area contributed by atoms with Crippen LogP contribution in [0.15, 0.2) is 112 Å². The Balaban J connectivity index is 0.792. The summed E-state index contributed by atoms with van der Waals surface area (Å²) in [5.41, 5.74) is 7.09. The summed E-state index contributed by atoms with van der Waals surface area (Å²) in [4.78, 5) is 64.1. The third kappa shape index (κ3) is 10.1. The number of carbonyl (C=O) groups is 4. The SMILES string of the molecule is Cc1ccc2c(c1)c(CC(=O)NCCCCCC(=O)CCCCCNC(=O)c1ccc(-c3c4ccc(=O)cc-4oc4cc(O)ccc34)cc1)c(C)n2C(=O)c1ccc(Cl)cc1. The number of Topliss-reactive ketones (excluding diaryl/α,β-unsaturated/α-hetero) is 1. The molecule has 1 aliphatic heterocycles. The highest BCUT2D eigenvalue weighted by atomic mass is 35.5. The van der Waals surface area contributed by atoms with Crippen LogP contribution in [0.25, 0.3) is 44.3 Å². The van der Waals surface area contributed by atoms with Gasteiger partial charge in [0.25, 0.3) is 11.8 Å². The molecule has 2 heterocycles. The van der Waals surface area contributed by atoms with Crippen LogP contribution in [-0.2, 0) is 16.0 Å². The molecule has 10 nitrogen and oxygen atoms in total. The number of aromatic nitrogens is 1. The van der Waals surface area contributed by atoms with Crippen molar-refractivity contribution in [2.24, 2.45) is 0 Å².